The number of rotatable bonds is 2. The minimum absolute atomic E-state index is 0.167. The summed E-state index contributed by atoms with van der Waals surface area (Å²) in [5.41, 5.74) is 6.30. The third-order valence-corrected chi connectivity index (χ3v) is 3.71. The minimum Gasteiger partial charge on any atom is -0.378 e. The van der Waals surface area contributed by atoms with Gasteiger partial charge in [-0.1, -0.05) is 24.3 Å². The summed E-state index contributed by atoms with van der Waals surface area (Å²) in [5, 5.41) is 0. The molecule has 1 aromatic carbocycles. The van der Waals surface area contributed by atoms with E-state index in [9.17, 15) is 4.39 Å². The van der Waals surface area contributed by atoms with Crippen LogP contribution in [0.2, 0.25) is 0 Å². The van der Waals surface area contributed by atoms with Gasteiger partial charge in [-0.05, 0) is 24.0 Å². The van der Waals surface area contributed by atoms with Gasteiger partial charge < -0.3 is 10.5 Å². The molecule has 3 heteroatoms. The van der Waals surface area contributed by atoms with Crippen molar-refractivity contribution in [2.24, 2.45) is 5.73 Å². The molecule has 2 aliphatic rings. The molecule has 1 aliphatic carbocycles. The van der Waals surface area contributed by atoms with Crippen molar-refractivity contribution in [3.8, 4) is 0 Å². The van der Waals surface area contributed by atoms with Gasteiger partial charge in [-0.25, -0.2) is 4.39 Å². The van der Waals surface area contributed by atoms with Crippen LogP contribution in [0.3, 0.4) is 0 Å². The van der Waals surface area contributed by atoms with E-state index in [-0.39, 0.29) is 12.1 Å². The summed E-state index contributed by atoms with van der Waals surface area (Å²) in [7, 11) is 0. The largest absolute Gasteiger partial charge is 0.378 e. The van der Waals surface area contributed by atoms with E-state index in [0.717, 1.165) is 24.0 Å². The van der Waals surface area contributed by atoms with E-state index < -0.39 is 5.67 Å². The Kier molecular flexibility index (Phi) is 2.10. The van der Waals surface area contributed by atoms with Crippen molar-refractivity contribution >= 4 is 0 Å². The zero-order valence-corrected chi connectivity index (χ0v) is 9.21. The monoisotopic (exact) mass is 221 g/mol. The summed E-state index contributed by atoms with van der Waals surface area (Å²) in [4.78, 5) is 0. The molecule has 1 unspecified atom stereocenters. The molecule has 0 spiro atoms. The summed E-state index contributed by atoms with van der Waals surface area (Å²) in [6, 6.07) is 7.63. The molecule has 86 valence electrons. The second-order valence-electron chi connectivity index (χ2n) is 4.97. The number of nitrogens with two attached hydrogens (primary N) is 1. The normalized spacial score (nSPS) is 31.6. The van der Waals surface area contributed by atoms with Gasteiger partial charge in [0.25, 0.3) is 0 Å². The first-order chi connectivity index (χ1) is 7.64. The van der Waals surface area contributed by atoms with Gasteiger partial charge in [0.1, 0.15) is 0 Å². The number of alkyl halides is 1. The van der Waals surface area contributed by atoms with Crippen molar-refractivity contribution in [3.05, 3.63) is 35.4 Å². The fourth-order valence-electron chi connectivity index (χ4n) is 2.46. The number of benzene rings is 1. The van der Waals surface area contributed by atoms with Crippen molar-refractivity contribution in [2.75, 3.05) is 13.2 Å². The van der Waals surface area contributed by atoms with E-state index in [1.807, 2.05) is 24.3 Å². The molecule has 0 aromatic heterocycles. The van der Waals surface area contributed by atoms with Crippen LogP contribution in [0.5, 0.6) is 0 Å². The zero-order valence-electron chi connectivity index (χ0n) is 9.21. The Morgan fingerprint density at radius 1 is 1.12 bits per heavy atom. The molecule has 2 nitrogen and oxygen atoms in total. The van der Waals surface area contributed by atoms with Gasteiger partial charge in [-0.15, -0.1) is 0 Å². The average Bonchev–Trinajstić information content (AvgIpc) is 2.89. The molecule has 1 heterocycles. The molecule has 3 rings (SSSR count). The molecule has 1 saturated heterocycles. The Balaban J connectivity index is 2.06. The SMILES string of the molecule is NC1(c2ccccc2C2(F)CCOC2)CC1. The Bertz CT molecular complexity index is 408. The van der Waals surface area contributed by atoms with Gasteiger partial charge in [0.2, 0.25) is 0 Å². The fraction of sp³-hybridized carbons (Fsp3) is 0.538. The number of hydrogen-bond acceptors (Lipinski definition) is 2. The molecular formula is C13H16FNO. The number of halogens is 1. The van der Waals surface area contributed by atoms with E-state index >= 15 is 0 Å². The van der Waals surface area contributed by atoms with E-state index in [1.165, 1.54) is 0 Å². The standard InChI is InChI=1S/C13H16FNO/c14-12(7-8-16-9-12)10-3-1-2-4-11(10)13(15)5-6-13/h1-4H,5-9,15H2. The van der Waals surface area contributed by atoms with Gasteiger partial charge in [0, 0.05) is 12.0 Å². The Morgan fingerprint density at radius 3 is 2.38 bits per heavy atom. The van der Waals surface area contributed by atoms with E-state index in [4.69, 9.17) is 10.5 Å². The zero-order chi connectivity index (χ0) is 11.2. The molecule has 1 atom stereocenters. The quantitative estimate of drug-likeness (QED) is 0.831. The Labute approximate surface area is 94.6 Å². The molecular weight excluding hydrogens is 205 g/mol. The smallest absolute Gasteiger partial charge is 0.161 e. The highest BCUT2D eigenvalue weighted by Crippen LogP contribution is 2.48. The molecule has 1 saturated carbocycles. The lowest BCUT2D eigenvalue weighted by Gasteiger charge is -2.24. The first-order valence-corrected chi connectivity index (χ1v) is 5.80. The number of hydrogen-bond donors (Lipinski definition) is 1. The van der Waals surface area contributed by atoms with Crippen molar-refractivity contribution in [2.45, 2.75) is 30.5 Å². The molecule has 2 N–H and O–H groups in total. The second-order valence-corrected chi connectivity index (χ2v) is 4.97. The molecule has 1 aromatic rings. The van der Waals surface area contributed by atoms with Crippen molar-refractivity contribution in [1.82, 2.24) is 0 Å². The predicted molar refractivity (Wildman–Crippen MR) is 59.8 cm³/mol. The maximum absolute atomic E-state index is 14.7. The fourth-order valence-corrected chi connectivity index (χ4v) is 2.46. The van der Waals surface area contributed by atoms with E-state index in [0.29, 0.717) is 13.0 Å². The van der Waals surface area contributed by atoms with Gasteiger partial charge in [0.05, 0.1) is 13.2 Å². The van der Waals surface area contributed by atoms with E-state index in [1.54, 1.807) is 0 Å². The van der Waals surface area contributed by atoms with Crippen molar-refractivity contribution in [3.63, 3.8) is 0 Å². The van der Waals surface area contributed by atoms with Crippen LogP contribution >= 0.6 is 0 Å². The average molecular weight is 221 g/mol. The highest BCUT2D eigenvalue weighted by Gasteiger charge is 2.46. The molecule has 16 heavy (non-hydrogen) atoms. The van der Waals surface area contributed by atoms with Crippen LogP contribution in [0.4, 0.5) is 4.39 Å². The van der Waals surface area contributed by atoms with Crippen LogP contribution in [0.15, 0.2) is 24.3 Å². The van der Waals surface area contributed by atoms with Gasteiger partial charge in [0.15, 0.2) is 5.67 Å². The number of ether oxygens (including phenoxy) is 1. The molecule has 2 fully saturated rings. The third kappa shape index (κ3) is 1.46. The summed E-state index contributed by atoms with van der Waals surface area (Å²) in [5.74, 6) is 0. The summed E-state index contributed by atoms with van der Waals surface area (Å²) >= 11 is 0. The van der Waals surface area contributed by atoms with Crippen LogP contribution in [0.1, 0.15) is 30.4 Å². The summed E-state index contributed by atoms with van der Waals surface area (Å²) in [6.45, 7) is 0.669. The molecule has 0 bridgehead atoms. The summed E-state index contributed by atoms with van der Waals surface area (Å²) in [6.07, 6.45) is 2.36. The van der Waals surface area contributed by atoms with Gasteiger partial charge in [-0.3, -0.25) is 0 Å². The third-order valence-electron chi connectivity index (χ3n) is 3.71. The van der Waals surface area contributed by atoms with Crippen molar-refractivity contribution in [1.29, 1.82) is 0 Å². The Hall–Kier alpha value is -0.930. The first kappa shape index (κ1) is 10.2. The topological polar surface area (TPSA) is 35.2 Å². The molecule has 1 aliphatic heterocycles. The maximum atomic E-state index is 14.7. The predicted octanol–water partition coefficient (Wildman–Crippen LogP) is 2.22. The van der Waals surface area contributed by atoms with Crippen LogP contribution in [-0.2, 0) is 15.9 Å². The lowest BCUT2D eigenvalue weighted by Crippen LogP contribution is -2.28. The van der Waals surface area contributed by atoms with Crippen LogP contribution in [0.25, 0.3) is 0 Å². The minimum atomic E-state index is -1.33. The lowest BCUT2D eigenvalue weighted by atomic mass is 9.87. The second kappa shape index (κ2) is 3.28. The maximum Gasteiger partial charge on any atom is 0.161 e. The first-order valence-electron chi connectivity index (χ1n) is 5.80. The van der Waals surface area contributed by atoms with E-state index in [2.05, 4.69) is 0 Å². The van der Waals surface area contributed by atoms with Gasteiger partial charge >= 0.3 is 0 Å². The molecule has 0 radical (unpaired) electrons. The lowest BCUT2D eigenvalue weighted by molar-refractivity contribution is 0.110. The highest BCUT2D eigenvalue weighted by molar-refractivity contribution is 5.41. The van der Waals surface area contributed by atoms with Crippen LogP contribution < -0.4 is 5.73 Å². The molecule has 0 amide bonds. The van der Waals surface area contributed by atoms with Crippen LogP contribution in [-0.4, -0.2) is 13.2 Å². The van der Waals surface area contributed by atoms with Crippen LogP contribution in [0, 0.1) is 0 Å². The highest BCUT2D eigenvalue weighted by atomic mass is 19.1. The Morgan fingerprint density at radius 2 is 1.81 bits per heavy atom. The van der Waals surface area contributed by atoms with Crippen molar-refractivity contribution < 1.29 is 9.13 Å². The summed E-state index contributed by atoms with van der Waals surface area (Å²) < 4.78 is 19.9. The van der Waals surface area contributed by atoms with Gasteiger partial charge in [-0.2, -0.15) is 0 Å².